The molecule has 0 bridgehead atoms. The summed E-state index contributed by atoms with van der Waals surface area (Å²) in [4.78, 5) is 3.40. The molecular weight excluding hydrogens is 385 g/mol. The summed E-state index contributed by atoms with van der Waals surface area (Å²) < 4.78 is 39.8. The van der Waals surface area contributed by atoms with E-state index in [4.69, 9.17) is 0 Å². The Morgan fingerprint density at radius 3 is 2.57 bits per heavy atom. The molecule has 2 aromatic carbocycles. The zero-order valence-corrected chi connectivity index (χ0v) is 16.9. The zero-order chi connectivity index (χ0) is 20.9. The van der Waals surface area contributed by atoms with Crippen molar-refractivity contribution in [3.8, 4) is 0 Å². The van der Waals surface area contributed by atoms with E-state index in [-0.39, 0.29) is 0 Å². The van der Waals surface area contributed by atoms with Gasteiger partial charge < -0.3 is 10.3 Å². The van der Waals surface area contributed by atoms with Crippen LogP contribution in [0.5, 0.6) is 0 Å². The highest BCUT2D eigenvalue weighted by atomic mass is 19.4. The summed E-state index contributed by atoms with van der Waals surface area (Å²) in [6.07, 6.45) is 0.725. The number of halogens is 3. The molecule has 1 aromatic heterocycles. The monoisotopic (exact) mass is 410 g/mol. The molecular formula is C25H25F3N2. The smallest absolute Gasteiger partial charge is 0.358 e. The van der Waals surface area contributed by atoms with Gasteiger partial charge in [-0.3, -0.25) is 0 Å². The van der Waals surface area contributed by atoms with Gasteiger partial charge in [-0.15, -0.1) is 0 Å². The maximum atomic E-state index is 13.3. The minimum Gasteiger partial charge on any atom is -0.358 e. The number of hydrogen-bond acceptors (Lipinski definition) is 1. The van der Waals surface area contributed by atoms with E-state index >= 15 is 0 Å². The van der Waals surface area contributed by atoms with Crippen molar-refractivity contribution in [2.45, 2.75) is 44.3 Å². The Labute approximate surface area is 174 Å². The van der Waals surface area contributed by atoms with Crippen LogP contribution < -0.4 is 5.32 Å². The molecule has 2 aliphatic rings. The van der Waals surface area contributed by atoms with Gasteiger partial charge in [-0.25, -0.2) is 0 Å². The summed E-state index contributed by atoms with van der Waals surface area (Å²) in [6.45, 7) is 3.01. The van der Waals surface area contributed by atoms with Crippen LogP contribution in [-0.2, 0) is 12.6 Å². The molecule has 3 unspecified atom stereocenters. The second kappa shape index (κ2) is 7.31. The second-order valence-corrected chi connectivity index (χ2v) is 8.69. The number of aromatic amines is 1. The summed E-state index contributed by atoms with van der Waals surface area (Å²) >= 11 is 0. The van der Waals surface area contributed by atoms with Gasteiger partial charge in [-0.2, -0.15) is 13.2 Å². The molecule has 0 saturated heterocycles. The Morgan fingerprint density at radius 1 is 1.00 bits per heavy atom. The van der Waals surface area contributed by atoms with E-state index in [1.165, 1.54) is 23.3 Å². The number of aromatic nitrogens is 1. The summed E-state index contributed by atoms with van der Waals surface area (Å²) in [5.41, 5.74) is 5.03. The van der Waals surface area contributed by atoms with Crippen LogP contribution in [-0.4, -0.2) is 17.6 Å². The van der Waals surface area contributed by atoms with Crippen molar-refractivity contribution in [1.82, 2.24) is 10.3 Å². The molecule has 2 heterocycles. The number of alkyl halides is 3. The number of benzene rings is 2. The topological polar surface area (TPSA) is 27.8 Å². The van der Waals surface area contributed by atoms with E-state index < -0.39 is 11.7 Å². The average molecular weight is 410 g/mol. The lowest BCUT2D eigenvalue weighted by molar-refractivity contribution is -0.137. The van der Waals surface area contributed by atoms with E-state index in [9.17, 15) is 13.2 Å². The molecule has 5 heteroatoms. The van der Waals surface area contributed by atoms with Crippen molar-refractivity contribution in [3.05, 3.63) is 77.0 Å². The summed E-state index contributed by atoms with van der Waals surface area (Å²) in [7, 11) is 0. The Kier molecular flexibility index (Phi) is 4.73. The third-order valence-corrected chi connectivity index (χ3v) is 6.76. The SMILES string of the molecule is CC1CC(C2CC(c3ccccc3)=CCN2)Cc2c1[nH]c1ccc(C(F)(F)F)cc21. The van der Waals surface area contributed by atoms with Crippen molar-refractivity contribution < 1.29 is 13.2 Å². The molecule has 0 radical (unpaired) electrons. The van der Waals surface area contributed by atoms with Crippen molar-refractivity contribution in [3.63, 3.8) is 0 Å². The van der Waals surface area contributed by atoms with Crippen LogP contribution in [0.4, 0.5) is 13.2 Å². The van der Waals surface area contributed by atoms with Gasteiger partial charge in [0.25, 0.3) is 0 Å². The highest BCUT2D eigenvalue weighted by Gasteiger charge is 2.35. The molecule has 2 N–H and O–H groups in total. The van der Waals surface area contributed by atoms with Crippen LogP contribution in [0.3, 0.4) is 0 Å². The first-order chi connectivity index (χ1) is 14.4. The third-order valence-electron chi connectivity index (χ3n) is 6.76. The lowest BCUT2D eigenvalue weighted by Gasteiger charge is -2.36. The fourth-order valence-corrected chi connectivity index (χ4v) is 5.26. The predicted molar refractivity (Wildman–Crippen MR) is 114 cm³/mol. The predicted octanol–water partition coefficient (Wildman–Crippen LogP) is 6.30. The van der Waals surface area contributed by atoms with Gasteiger partial charge >= 0.3 is 6.18 Å². The van der Waals surface area contributed by atoms with E-state index in [0.717, 1.165) is 48.0 Å². The fraction of sp³-hybridized carbons (Fsp3) is 0.360. The molecule has 0 saturated carbocycles. The molecule has 0 fully saturated rings. The first-order valence-corrected chi connectivity index (χ1v) is 10.6. The molecule has 1 aliphatic heterocycles. The number of rotatable bonds is 2. The van der Waals surface area contributed by atoms with Gasteiger partial charge in [-0.1, -0.05) is 43.3 Å². The Morgan fingerprint density at radius 2 is 1.80 bits per heavy atom. The number of nitrogens with one attached hydrogen (secondary N) is 2. The number of hydrogen-bond donors (Lipinski definition) is 2. The van der Waals surface area contributed by atoms with Crippen LogP contribution in [0.25, 0.3) is 16.5 Å². The van der Waals surface area contributed by atoms with Gasteiger partial charge in [-0.05, 0) is 66.0 Å². The van der Waals surface area contributed by atoms with Crippen molar-refractivity contribution in [2.24, 2.45) is 5.92 Å². The average Bonchev–Trinajstić information content (AvgIpc) is 3.12. The first-order valence-electron chi connectivity index (χ1n) is 10.6. The van der Waals surface area contributed by atoms with E-state index in [1.807, 2.05) is 6.07 Å². The fourth-order valence-electron chi connectivity index (χ4n) is 5.26. The largest absolute Gasteiger partial charge is 0.416 e. The number of H-pyrrole nitrogens is 1. The second-order valence-electron chi connectivity index (χ2n) is 8.69. The number of fused-ring (bicyclic) bond motifs is 3. The molecule has 156 valence electrons. The summed E-state index contributed by atoms with van der Waals surface area (Å²) in [5, 5.41) is 4.38. The molecule has 5 rings (SSSR count). The standard InChI is InChI=1S/C25H25F3N2/c1-15-11-18(23-13-17(9-10-29-23)16-5-3-2-4-6-16)12-21-20-14-19(25(26,27)28)7-8-22(20)30-24(15)21/h2-9,14-15,18,23,29-30H,10-13H2,1H3. The summed E-state index contributed by atoms with van der Waals surface area (Å²) in [6, 6.07) is 14.8. The van der Waals surface area contributed by atoms with Gasteiger partial charge in [0, 0.05) is 29.2 Å². The minimum atomic E-state index is -4.32. The zero-order valence-electron chi connectivity index (χ0n) is 16.9. The van der Waals surface area contributed by atoms with E-state index in [2.05, 4.69) is 47.6 Å². The van der Waals surface area contributed by atoms with Crippen LogP contribution >= 0.6 is 0 Å². The van der Waals surface area contributed by atoms with E-state index in [0.29, 0.717) is 17.9 Å². The van der Waals surface area contributed by atoms with Crippen LogP contribution in [0, 0.1) is 5.92 Å². The molecule has 0 spiro atoms. The van der Waals surface area contributed by atoms with E-state index in [1.54, 1.807) is 6.07 Å². The minimum absolute atomic E-state index is 0.299. The third kappa shape index (κ3) is 3.45. The highest BCUT2D eigenvalue weighted by Crippen LogP contribution is 2.42. The van der Waals surface area contributed by atoms with Crippen molar-refractivity contribution >= 4 is 16.5 Å². The van der Waals surface area contributed by atoms with Gasteiger partial charge in [0.05, 0.1) is 5.56 Å². The Hall–Kier alpha value is -2.53. The first kappa shape index (κ1) is 19.4. The van der Waals surface area contributed by atoms with Gasteiger partial charge in [0.1, 0.15) is 0 Å². The molecule has 0 amide bonds. The molecule has 3 aromatic rings. The maximum absolute atomic E-state index is 13.3. The van der Waals surface area contributed by atoms with Gasteiger partial charge in [0.15, 0.2) is 0 Å². The molecule has 3 atom stereocenters. The van der Waals surface area contributed by atoms with Gasteiger partial charge in [0.2, 0.25) is 0 Å². The Balaban J connectivity index is 1.45. The molecule has 1 aliphatic carbocycles. The van der Waals surface area contributed by atoms with Crippen LogP contribution in [0.2, 0.25) is 0 Å². The van der Waals surface area contributed by atoms with Crippen molar-refractivity contribution in [1.29, 1.82) is 0 Å². The van der Waals surface area contributed by atoms with Crippen molar-refractivity contribution in [2.75, 3.05) is 6.54 Å². The highest BCUT2D eigenvalue weighted by molar-refractivity contribution is 5.86. The molecule has 30 heavy (non-hydrogen) atoms. The summed E-state index contributed by atoms with van der Waals surface area (Å²) in [5.74, 6) is 0.696. The van der Waals surface area contributed by atoms with Crippen LogP contribution in [0.15, 0.2) is 54.6 Å². The lowest BCUT2D eigenvalue weighted by Crippen LogP contribution is -2.41. The van der Waals surface area contributed by atoms with Crippen LogP contribution in [0.1, 0.15) is 48.1 Å². The maximum Gasteiger partial charge on any atom is 0.416 e. The normalized spacial score (nSPS) is 24.5. The quantitative estimate of drug-likeness (QED) is 0.510. The Bertz CT molecular complexity index is 1090. The molecule has 2 nitrogen and oxygen atoms in total. The lowest BCUT2D eigenvalue weighted by atomic mass is 9.74.